The molecule has 1 aliphatic rings. The average molecular weight is 688 g/mol. The molecule has 1 amide bonds. The minimum absolute atomic E-state index is 0.0543. The van der Waals surface area contributed by atoms with Crippen LogP contribution in [-0.2, 0) is 33.4 Å². The van der Waals surface area contributed by atoms with Gasteiger partial charge in [-0.3, -0.25) is 9.59 Å². The first-order chi connectivity index (χ1) is 22.1. The van der Waals surface area contributed by atoms with E-state index in [0.717, 1.165) is 6.42 Å². The Labute approximate surface area is 297 Å². The molecule has 0 radical (unpaired) electrons. The van der Waals surface area contributed by atoms with Gasteiger partial charge in [-0.15, -0.1) is 0 Å². The largest absolute Gasteiger partial charge is 0.457 e. The first-order valence-corrected chi connectivity index (χ1v) is 17.7. The Bertz CT molecular complexity index is 1260. The highest BCUT2D eigenvalue weighted by Crippen LogP contribution is 2.53. The van der Waals surface area contributed by atoms with E-state index in [1.807, 2.05) is 42.5 Å². The third-order valence-electron chi connectivity index (χ3n) is 11.6. The van der Waals surface area contributed by atoms with Gasteiger partial charge in [0.2, 0.25) is 5.91 Å². The van der Waals surface area contributed by atoms with Crippen LogP contribution >= 0.6 is 0 Å². The lowest BCUT2D eigenvalue weighted by Gasteiger charge is -2.53. The highest BCUT2D eigenvalue weighted by Gasteiger charge is 2.54. The zero-order valence-electron chi connectivity index (χ0n) is 33.1. The summed E-state index contributed by atoms with van der Waals surface area (Å²) in [6.45, 7) is 30.4. The normalized spacial score (nSPS) is 20.1. The van der Waals surface area contributed by atoms with Crippen molar-refractivity contribution < 1.29 is 33.4 Å². The molecule has 1 aliphatic heterocycles. The van der Waals surface area contributed by atoms with Gasteiger partial charge in [-0.25, -0.2) is 9.59 Å². The molecule has 49 heavy (non-hydrogen) atoms. The molecule has 11 heteroatoms. The van der Waals surface area contributed by atoms with E-state index < -0.39 is 63.1 Å². The number of esters is 3. The summed E-state index contributed by atoms with van der Waals surface area (Å²) in [6, 6.07) is 1.32. The van der Waals surface area contributed by atoms with Crippen molar-refractivity contribution in [1.29, 1.82) is 5.26 Å². The molecule has 0 aromatic heterocycles. The fourth-order valence-corrected chi connectivity index (χ4v) is 6.22. The van der Waals surface area contributed by atoms with Gasteiger partial charge in [0.15, 0.2) is 0 Å². The number of carbonyl (C=O) groups excluding carboxylic acids is 4. The zero-order chi connectivity index (χ0) is 38.4. The van der Waals surface area contributed by atoms with Crippen molar-refractivity contribution in [1.82, 2.24) is 5.32 Å². The summed E-state index contributed by atoms with van der Waals surface area (Å²) in [6.07, 6.45) is 1.71. The first kappa shape index (κ1) is 44.3. The molecule has 0 spiro atoms. The van der Waals surface area contributed by atoms with E-state index >= 15 is 0 Å². The predicted octanol–water partition coefficient (Wildman–Crippen LogP) is 5.97. The van der Waals surface area contributed by atoms with Crippen LogP contribution in [0.25, 0.3) is 0 Å². The molecule has 1 saturated heterocycles. The first-order valence-electron chi connectivity index (χ1n) is 17.7. The van der Waals surface area contributed by atoms with E-state index in [2.05, 4.69) is 66.4 Å². The minimum atomic E-state index is -1.18. The second-order valence-electron chi connectivity index (χ2n) is 18.2. The lowest BCUT2D eigenvalue weighted by atomic mass is 9.53. The number of ether oxygens (including phenoxy) is 3. The number of nitrogens with zero attached hydrogens (tertiary/aromatic N) is 1. The molecule has 1 heterocycles. The molecule has 0 bridgehead atoms. The van der Waals surface area contributed by atoms with E-state index in [-0.39, 0.29) is 48.7 Å². The lowest BCUT2D eigenvalue weighted by Crippen LogP contribution is -2.62. The van der Waals surface area contributed by atoms with Crippen molar-refractivity contribution in [2.24, 2.45) is 33.3 Å². The van der Waals surface area contributed by atoms with Crippen molar-refractivity contribution in [2.75, 3.05) is 6.61 Å². The molecule has 1 rings (SSSR count). The fraction of sp³-hybridized carbons (Fsp3) is 0.816. The minimum Gasteiger partial charge on any atom is -0.457 e. The Morgan fingerprint density at radius 1 is 1.00 bits per heavy atom. The van der Waals surface area contributed by atoms with E-state index in [1.165, 1.54) is 0 Å². The van der Waals surface area contributed by atoms with Crippen molar-refractivity contribution in [3.05, 3.63) is 12.2 Å². The molecular formula is C38H66BN3O7. The Balaban J connectivity index is 3.59. The summed E-state index contributed by atoms with van der Waals surface area (Å²) in [5.41, 5.74) is 4.53. The van der Waals surface area contributed by atoms with Gasteiger partial charge >= 0.3 is 17.9 Å². The van der Waals surface area contributed by atoms with Crippen molar-refractivity contribution in [3.63, 3.8) is 0 Å². The van der Waals surface area contributed by atoms with E-state index in [4.69, 9.17) is 19.9 Å². The molecule has 0 aromatic rings. The quantitative estimate of drug-likeness (QED) is 0.0582. The lowest BCUT2D eigenvalue weighted by molar-refractivity contribution is -0.169. The molecule has 3 N–H and O–H groups in total. The number of rotatable bonds is 18. The summed E-state index contributed by atoms with van der Waals surface area (Å²) < 4.78 is 18.0. The van der Waals surface area contributed by atoms with Gasteiger partial charge in [0, 0.05) is 12.0 Å². The molecule has 0 aromatic carbocycles. The highest BCUT2D eigenvalue weighted by atomic mass is 16.6. The zero-order valence-corrected chi connectivity index (χ0v) is 33.1. The number of amides is 1. The van der Waals surface area contributed by atoms with Gasteiger partial charge in [0.25, 0.3) is 0 Å². The number of nitriles is 1. The summed E-state index contributed by atoms with van der Waals surface area (Å²) in [5, 5.41) is 11.2. The Kier molecular flexibility index (Phi) is 15.0. The van der Waals surface area contributed by atoms with Gasteiger partial charge < -0.3 is 25.3 Å². The predicted molar refractivity (Wildman–Crippen MR) is 195 cm³/mol. The molecule has 10 nitrogen and oxygen atoms in total. The van der Waals surface area contributed by atoms with Gasteiger partial charge in [0.1, 0.15) is 20.0 Å². The van der Waals surface area contributed by atoms with Crippen LogP contribution in [0.5, 0.6) is 0 Å². The van der Waals surface area contributed by atoms with Gasteiger partial charge in [-0.2, -0.15) is 5.26 Å². The van der Waals surface area contributed by atoms with Crippen LogP contribution in [0.4, 0.5) is 0 Å². The third-order valence-corrected chi connectivity index (χ3v) is 11.6. The second kappa shape index (κ2) is 16.5. The van der Waals surface area contributed by atoms with Crippen LogP contribution in [0.1, 0.15) is 135 Å². The van der Waals surface area contributed by atoms with E-state index in [0.29, 0.717) is 19.4 Å². The van der Waals surface area contributed by atoms with Crippen molar-refractivity contribution in [3.8, 4) is 6.07 Å². The van der Waals surface area contributed by atoms with Crippen LogP contribution in [0.15, 0.2) is 12.2 Å². The Morgan fingerprint density at radius 3 is 2.02 bits per heavy atom. The van der Waals surface area contributed by atoms with Crippen LogP contribution in [-0.4, -0.2) is 62.1 Å². The smallest absolute Gasteiger partial charge is 0.336 e. The fourth-order valence-electron chi connectivity index (χ4n) is 6.22. The second-order valence-corrected chi connectivity index (χ2v) is 18.2. The van der Waals surface area contributed by atoms with E-state index in [9.17, 15) is 24.4 Å². The molecular weight excluding hydrogens is 621 g/mol. The maximum Gasteiger partial charge on any atom is 0.336 e. The summed E-state index contributed by atoms with van der Waals surface area (Å²) >= 11 is 0. The molecule has 278 valence electrons. The molecule has 6 unspecified atom stereocenters. The molecule has 6 atom stereocenters. The summed E-state index contributed by atoms with van der Waals surface area (Å²) in [7, 11) is 1.95. The third kappa shape index (κ3) is 11.7. The number of hydrogen-bond acceptors (Lipinski definition) is 9. The standard InChI is InChI=1S/C38H66BN3O7/c1-15-37(13,39)25(31(45)49-32(46)26-17-18-29(43)42-26)21-35(9,10)38(14,41)28(48-30(44)24(2)3)23-34(7,8)36(11,12)27(22-33(4,5)6)47-20-16-19-40/h25-28H,2,15-18,20-23,39,41H2,1,3-14H3,(H,42,43). The Morgan fingerprint density at radius 2 is 1.57 bits per heavy atom. The number of nitrogens with two attached hydrogens (primary N) is 1. The number of hydrogen-bond donors (Lipinski definition) is 2. The summed E-state index contributed by atoms with van der Waals surface area (Å²) in [4.78, 5) is 51.5. The number of nitrogens with one attached hydrogen (secondary N) is 1. The number of carbonyl (C=O) groups is 4. The maximum absolute atomic E-state index is 13.8. The monoisotopic (exact) mass is 687 g/mol. The molecule has 0 aliphatic carbocycles. The van der Waals surface area contributed by atoms with Gasteiger partial charge in [-0.1, -0.05) is 89.2 Å². The van der Waals surface area contributed by atoms with Gasteiger partial charge in [0.05, 0.1) is 36.7 Å². The van der Waals surface area contributed by atoms with E-state index in [1.54, 1.807) is 6.92 Å². The molecule has 1 fully saturated rings. The summed E-state index contributed by atoms with van der Waals surface area (Å²) in [5.74, 6) is -2.97. The van der Waals surface area contributed by atoms with Crippen molar-refractivity contribution >= 4 is 31.7 Å². The van der Waals surface area contributed by atoms with Crippen molar-refractivity contribution in [2.45, 2.75) is 164 Å². The maximum atomic E-state index is 13.8. The van der Waals surface area contributed by atoms with Crippen LogP contribution < -0.4 is 11.1 Å². The average Bonchev–Trinajstić information content (AvgIpc) is 3.40. The van der Waals surface area contributed by atoms with Crippen LogP contribution in [0.3, 0.4) is 0 Å². The van der Waals surface area contributed by atoms with Gasteiger partial charge in [-0.05, 0) is 66.5 Å². The SMILES string of the molecule is BC(C)(CC)C(CC(C)(C)C(C)(N)C(CC(C)(C)C(C)(C)C(CC(C)(C)C)OCCC#N)OC(=O)C(=C)C)C(=O)OC(=O)C1CCC(=O)N1. The topological polar surface area (TPSA) is 158 Å². The highest BCUT2D eigenvalue weighted by molar-refractivity contribution is 6.17. The Hall–Kier alpha value is -2.71. The van der Waals surface area contributed by atoms with Crippen LogP contribution in [0, 0.1) is 38.9 Å². The van der Waals surface area contributed by atoms with Crippen LogP contribution in [0.2, 0.25) is 5.31 Å². The molecule has 0 saturated carbocycles.